The van der Waals surface area contributed by atoms with Crippen LogP contribution in [-0.2, 0) is 14.3 Å². The molecule has 0 aromatic carbocycles. The number of amides is 1. The van der Waals surface area contributed by atoms with Gasteiger partial charge in [-0.3, -0.25) is 9.59 Å². The Kier molecular flexibility index (Phi) is 52.0. The quantitative estimate of drug-likeness (QED) is 0.0321. The SMILES string of the molecule is CCCCCCCCC/C=C\CCCCCCCCCC(=O)OCCCCCCCCCCCCCCCCCCC(=O)NC(CO)C(O)CCCCCCCCCCCCCC. The first-order valence-corrected chi connectivity index (χ1v) is 28.4. The highest BCUT2D eigenvalue weighted by atomic mass is 16.5. The third-order valence-electron chi connectivity index (χ3n) is 13.3. The van der Waals surface area contributed by atoms with Gasteiger partial charge in [-0.15, -0.1) is 0 Å². The smallest absolute Gasteiger partial charge is 0.305 e. The number of esters is 1. The molecule has 0 saturated heterocycles. The molecule has 374 valence electrons. The molecule has 6 heteroatoms. The van der Waals surface area contributed by atoms with Crippen molar-refractivity contribution in [3.63, 3.8) is 0 Å². The average molecular weight is 891 g/mol. The van der Waals surface area contributed by atoms with Gasteiger partial charge in [-0.1, -0.05) is 264 Å². The Balaban J connectivity index is 3.39. The number of carbonyl (C=O) groups is 2. The summed E-state index contributed by atoms with van der Waals surface area (Å²) in [5.74, 6) is -0.0406. The Hall–Kier alpha value is -1.40. The molecular weight excluding hydrogens is 779 g/mol. The van der Waals surface area contributed by atoms with Crippen molar-refractivity contribution in [2.45, 2.75) is 328 Å². The van der Waals surface area contributed by atoms with Gasteiger partial charge in [0.2, 0.25) is 5.91 Å². The van der Waals surface area contributed by atoms with Crippen molar-refractivity contribution in [3.8, 4) is 0 Å². The molecule has 63 heavy (non-hydrogen) atoms. The van der Waals surface area contributed by atoms with E-state index < -0.39 is 12.1 Å². The summed E-state index contributed by atoms with van der Waals surface area (Å²) >= 11 is 0. The number of unbranched alkanes of at least 4 members (excludes halogenated alkanes) is 40. The maximum Gasteiger partial charge on any atom is 0.305 e. The summed E-state index contributed by atoms with van der Waals surface area (Å²) in [6, 6.07) is -0.545. The lowest BCUT2D eigenvalue weighted by molar-refractivity contribution is -0.143. The maximum absolute atomic E-state index is 12.4. The van der Waals surface area contributed by atoms with Gasteiger partial charge in [0, 0.05) is 12.8 Å². The average Bonchev–Trinajstić information content (AvgIpc) is 3.28. The molecule has 0 aliphatic heterocycles. The minimum atomic E-state index is -0.667. The van der Waals surface area contributed by atoms with Gasteiger partial charge in [-0.25, -0.2) is 0 Å². The number of ether oxygens (including phenoxy) is 1. The van der Waals surface area contributed by atoms with Crippen molar-refractivity contribution < 1.29 is 24.5 Å². The van der Waals surface area contributed by atoms with Gasteiger partial charge in [-0.05, 0) is 51.4 Å². The van der Waals surface area contributed by atoms with Crippen molar-refractivity contribution in [1.29, 1.82) is 0 Å². The van der Waals surface area contributed by atoms with E-state index >= 15 is 0 Å². The Morgan fingerprint density at radius 3 is 1.13 bits per heavy atom. The molecule has 0 aromatic rings. The van der Waals surface area contributed by atoms with E-state index in [1.54, 1.807) is 0 Å². The molecule has 0 aliphatic rings. The number of aliphatic hydroxyl groups is 2. The minimum Gasteiger partial charge on any atom is -0.466 e. The van der Waals surface area contributed by atoms with E-state index in [2.05, 4.69) is 31.3 Å². The summed E-state index contributed by atoms with van der Waals surface area (Å²) in [5, 5.41) is 23.2. The molecule has 0 aliphatic carbocycles. The van der Waals surface area contributed by atoms with Crippen molar-refractivity contribution in [3.05, 3.63) is 12.2 Å². The van der Waals surface area contributed by atoms with E-state index in [0.29, 0.717) is 25.9 Å². The van der Waals surface area contributed by atoms with E-state index in [-0.39, 0.29) is 18.5 Å². The van der Waals surface area contributed by atoms with Crippen LogP contribution in [0.3, 0.4) is 0 Å². The molecule has 6 nitrogen and oxygen atoms in total. The molecule has 0 rings (SSSR count). The molecule has 0 radical (unpaired) electrons. The topological polar surface area (TPSA) is 95.9 Å². The van der Waals surface area contributed by atoms with Crippen LogP contribution in [0.25, 0.3) is 0 Å². The van der Waals surface area contributed by atoms with E-state index in [4.69, 9.17) is 4.74 Å². The lowest BCUT2D eigenvalue weighted by Gasteiger charge is -2.22. The molecule has 0 spiro atoms. The highest BCUT2D eigenvalue weighted by molar-refractivity contribution is 5.76. The normalized spacial score (nSPS) is 12.6. The highest BCUT2D eigenvalue weighted by Crippen LogP contribution is 2.17. The van der Waals surface area contributed by atoms with Gasteiger partial charge in [0.1, 0.15) is 0 Å². The second kappa shape index (κ2) is 53.2. The largest absolute Gasteiger partial charge is 0.466 e. The van der Waals surface area contributed by atoms with Crippen molar-refractivity contribution >= 4 is 11.9 Å². The Morgan fingerprint density at radius 1 is 0.429 bits per heavy atom. The fraction of sp³-hybridized carbons (Fsp3) is 0.930. The lowest BCUT2D eigenvalue weighted by Crippen LogP contribution is -2.45. The summed E-state index contributed by atoms with van der Waals surface area (Å²) in [6.07, 6.45) is 62.0. The minimum absolute atomic E-state index is 0.000711. The first kappa shape index (κ1) is 61.6. The zero-order chi connectivity index (χ0) is 45.8. The Bertz CT molecular complexity index is 939. The predicted molar refractivity (Wildman–Crippen MR) is 273 cm³/mol. The third kappa shape index (κ3) is 49.9. The van der Waals surface area contributed by atoms with Crippen LogP contribution in [0.4, 0.5) is 0 Å². The molecule has 0 saturated carbocycles. The number of nitrogens with one attached hydrogen (secondary N) is 1. The second-order valence-electron chi connectivity index (χ2n) is 19.6. The molecule has 0 fully saturated rings. The van der Waals surface area contributed by atoms with Gasteiger partial charge in [0.05, 0.1) is 25.4 Å². The molecule has 0 bridgehead atoms. The van der Waals surface area contributed by atoms with Crippen LogP contribution < -0.4 is 5.32 Å². The van der Waals surface area contributed by atoms with Crippen molar-refractivity contribution in [2.24, 2.45) is 0 Å². The lowest BCUT2D eigenvalue weighted by atomic mass is 10.0. The van der Waals surface area contributed by atoms with Crippen LogP contribution in [0.2, 0.25) is 0 Å². The fourth-order valence-corrected chi connectivity index (χ4v) is 8.93. The summed E-state index contributed by atoms with van der Waals surface area (Å²) in [5.41, 5.74) is 0. The number of aliphatic hydroxyl groups excluding tert-OH is 2. The number of carbonyl (C=O) groups excluding carboxylic acids is 2. The summed E-state index contributed by atoms with van der Waals surface area (Å²) in [6.45, 7) is 4.94. The highest BCUT2D eigenvalue weighted by Gasteiger charge is 2.20. The molecular formula is C57H111NO5. The van der Waals surface area contributed by atoms with Crippen LogP contribution in [0.15, 0.2) is 12.2 Å². The third-order valence-corrected chi connectivity index (χ3v) is 13.3. The zero-order valence-electron chi connectivity index (χ0n) is 42.6. The van der Waals surface area contributed by atoms with Gasteiger partial charge < -0.3 is 20.3 Å². The molecule has 3 N–H and O–H groups in total. The van der Waals surface area contributed by atoms with E-state index in [0.717, 1.165) is 44.9 Å². The zero-order valence-corrected chi connectivity index (χ0v) is 42.6. The van der Waals surface area contributed by atoms with E-state index in [1.165, 1.54) is 238 Å². The second-order valence-corrected chi connectivity index (χ2v) is 19.6. The van der Waals surface area contributed by atoms with Gasteiger partial charge in [0.25, 0.3) is 0 Å². The van der Waals surface area contributed by atoms with E-state index in [9.17, 15) is 19.8 Å². The maximum atomic E-state index is 12.4. The van der Waals surface area contributed by atoms with Crippen LogP contribution in [-0.4, -0.2) is 47.4 Å². The van der Waals surface area contributed by atoms with Gasteiger partial charge in [0.15, 0.2) is 0 Å². The molecule has 1 amide bonds. The Labute approximate surface area is 393 Å². The van der Waals surface area contributed by atoms with Crippen LogP contribution in [0, 0.1) is 0 Å². The van der Waals surface area contributed by atoms with Crippen LogP contribution >= 0.6 is 0 Å². The van der Waals surface area contributed by atoms with E-state index in [1.807, 2.05) is 0 Å². The number of rotatable bonds is 53. The van der Waals surface area contributed by atoms with Gasteiger partial charge >= 0.3 is 5.97 Å². The fourth-order valence-electron chi connectivity index (χ4n) is 8.93. The van der Waals surface area contributed by atoms with Gasteiger partial charge in [-0.2, -0.15) is 0 Å². The molecule has 0 aromatic heterocycles. The molecule has 2 atom stereocenters. The first-order chi connectivity index (χ1) is 31.0. The monoisotopic (exact) mass is 890 g/mol. The summed E-state index contributed by atoms with van der Waals surface area (Å²) < 4.78 is 5.48. The van der Waals surface area contributed by atoms with Crippen LogP contribution in [0.5, 0.6) is 0 Å². The standard InChI is InChI=1S/C57H111NO5/c1-3-5-7-9-11-13-15-17-18-19-20-24-27-31-35-39-43-47-51-57(62)63-52-48-44-40-36-32-28-25-22-21-23-26-30-34-38-42-46-50-56(61)58-54(53-59)55(60)49-45-41-37-33-29-16-14-12-10-8-6-4-2/h18-19,54-55,59-60H,3-17,20-53H2,1-2H3,(H,58,61)/b19-18-. The Morgan fingerprint density at radius 2 is 0.746 bits per heavy atom. The van der Waals surface area contributed by atoms with Crippen molar-refractivity contribution in [2.75, 3.05) is 13.2 Å². The first-order valence-electron chi connectivity index (χ1n) is 28.4. The number of allylic oxidation sites excluding steroid dienone is 2. The number of hydrogen-bond donors (Lipinski definition) is 3. The predicted octanol–water partition coefficient (Wildman–Crippen LogP) is 17.3. The summed E-state index contributed by atoms with van der Waals surface area (Å²) in [4.78, 5) is 24.5. The molecule has 0 heterocycles. The van der Waals surface area contributed by atoms with Crippen molar-refractivity contribution in [1.82, 2.24) is 5.32 Å². The summed E-state index contributed by atoms with van der Waals surface area (Å²) in [7, 11) is 0. The molecule has 2 unspecified atom stereocenters. The number of hydrogen-bond acceptors (Lipinski definition) is 5. The van der Waals surface area contributed by atoms with Crippen LogP contribution in [0.1, 0.15) is 316 Å².